The van der Waals surface area contributed by atoms with Gasteiger partial charge in [0.1, 0.15) is 0 Å². The fourth-order valence-electron chi connectivity index (χ4n) is 1.19. The van der Waals surface area contributed by atoms with Crippen molar-refractivity contribution in [2.45, 2.75) is 32.9 Å². The van der Waals surface area contributed by atoms with Gasteiger partial charge in [0.25, 0.3) is 0 Å². The Hall–Kier alpha value is -1.03. The molecule has 0 saturated carbocycles. The Kier molecular flexibility index (Phi) is 6.01. The summed E-state index contributed by atoms with van der Waals surface area (Å²) in [6.45, 7) is 9.89. The van der Waals surface area contributed by atoms with Crippen LogP contribution in [0.1, 0.15) is 20.8 Å². The van der Waals surface area contributed by atoms with Crippen LogP contribution < -0.4 is 5.32 Å². The van der Waals surface area contributed by atoms with Crippen LogP contribution in [0.4, 0.5) is 4.79 Å². The molecule has 4 heteroatoms. The molecule has 4 nitrogen and oxygen atoms in total. The molecule has 0 aromatic rings. The average molecular weight is 215 g/mol. The molecule has 15 heavy (non-hydrogen) atoms. The fraction of sp³-hybridized carbons (Fsp3) is 0.727. The Bertz CT molecular complexity index is 226. The Labute approximate surface area is 91.6 Å². The van der Waals surface area contributed by atoms with E-state index in [1.54, 1.807) is 7.11 Å². The molecule has 0 spiro atoms. The highest BCUT2D eigenvalue weighted by Crippen LogP contribution is 2.16. The van der Waals surface area contributed by atoms with Gasteiger partial charge in [-0.3, -0.25) is 0 Å². The largest absolute Gasteiger partial charge is 0.453 e. The van der Waals surface area contributed by atoms with Crippen LogP contribution in [-0.2, 0) is 9.47 Å². The van der Waals surface area contributed by atoms with Crippen molar-refractivity contribution in [3.8, 4) is 0 Å². The minimum absolute atomic E-state index is 0.126. The molecule has 0 aromatic carbocycles. The zero-order valence-electron chi connectivity index (χ0n) is 10.2. The number of amides is 1. The minimum atomic E-state index is -0.467. The fourth-order valence-corrected chi connectivity index (χ4v) is 1.19. The second-order valence-corrected chi connectivity index (χ2v) is 3.78. The van der Waals surface area contributed by atoms with Gasteiger partial charge in [-0.2, -0.15) is 0 Å². The molecule has 0 heterocycles. The first-order valence-corrected chi connectivity index (χ1v) is 5.00. The standard InChI is InChI=1S/C11H21NO3/c1-7(2)8(3)10(9(4)14-5)12-11(13)15-6/h7,9-10H,3H2,1-2,4-6H3,(H,12,13). The van der Waals surface area contributed by atoms with E-state index < -0.39 is 6.09 Å². The van der Waals surface area contributed by atoms with Crippen LogP contribution in [0.3, 0.4) is 0 Å². The third kappa shape index (κ3) is 4.34. The van der Waals surface area contributed by atoms with Crippen molar-refractivity contribution in [1.82, 2.24) is 5.32 Å². The number of ether oxygens (including phenoxy) is 2. The van der Waals surface area contributed by atoms with E-state index in [4.69, 9.17) is 4.74 Å². The van der Waals surface area contributed by atoms with Crippen LogP contribution in [-0.4, -0.2) is 32.5 Å². The van der Waals surface area contributed by atoms with Crippen LogP contribution in [0, 0.1) is 5.92 Å². The zero-order chi connectivity index (χ0) is 12.0. The summed E-state index contributed by atoms with van der Waals surface area (Å²) in [5.74, 6) is 0.282. The summed E-state index contributed by atoms with van der Waals surface area (Å²) < 4.78 is 9.76. The first-order valence-electron chi connectivity index (χ1n) is 5.00. The normalized spacial score (nSPS) is 14.5. The number of rotatable bonds is 5. The lowest BCUT2D eigenvalue weighted by Gasteiger charge is -2.27. The molecule has 0 aliphatic rings. The Balaban J connectivity index is 4.58. The van der Waals surface area contributed by atoms with E-state index in [9.17, 15) is 4.79 Å². The molecular weight excluding hydrogens is 194 g/mol. The maximum Gasteiger partial charge on any atom is 0.407 e. The van der Waals surface area contributed by atoms with Gasteiger partial charge in [0.15, 0.2) is 0 Å². The average Bonchev–Trinajstić information content (AvgIpc) is 2.23. The number of carbonyl (C=O) groups excluding carboxylic acids is 1. The van der Waals surface area contributed by atoms with E-state index in [2.05, 4.69) is 16.6 Å². The van der Waals surface area contributed by atoms with Gasteiger partial charge in [0.05, 0.1) is 19.3 Å². The Morgan fingerprint density at radius 2 is 1.80 bits per heavy atom. The van der Waals surface area contributed by atoms with Crippen molar-refractivity contribution in [3.63, 3.8) is 0 Å². The highest BCUT2D eigenvalue weighted by atomic mass is 16.5. The van der Waals surface area contributed by atoms with Crippen LogP contribution in [0.25, 0.3) is 0 Å². The summed E-state index contributed by atoms with van der Waals surface area (Å²) in [5, 5.41) is 2.71. The Morgan fingerprint density at radius 1 is 1.27 bits per heavy atom. The number of hydrogen-bond acceptors (Lipinski definition) is 3. The Morgan fingerprint density at radius 3 is 2.13 bits per heavy atom. The quantitative estimate of drug-likeness (QED) is 0.713. The van der Waals surface area contributed by atoms with Gasteiger partial charge in [-0.25, -0.2) is 4.79 Å². The van der Waals surface area contributed by atoms with E-state index in [1.807, 2.05) is 20.8 Å². The van der Waals surface area contributed by atoms with Gasteiger partial charge in [0.2, 0.25) is 0 Å². The molecule has 0 rings (SSSR count). The first kappa shape index (κ1) is 14.0. The number of hydrogen-bond donors (Lipinski definition) is 1. The van der Waals surface area contributed by atoms with Crippen LogP contribution in [0.15, 0.2) is 12.2 Å². The number of methoxy groups -OCH3 is 2. The van der Waals surface area contributed by atoms with Crippen LogP contribution >= 0.6 is 0 Å². The molecule has 0 aromatic heterocycles. The van der Waals surface area contributed by atoms with E-state index in [0.29, 0.717) is 0 Å². The van der Waals surface area contributed by atoms with Crippen molar-refractivity contribution in [2.24, 2.45) is 5.92 Å². The predicted octanol–water partition coefficient (Wildman–Crippen LogP) is 1.96. The SMILES string of the molecule is C=C(C(C)C)C(NC(=O)OC)C(C)OC. The molecule has 88 valence electrons. The van der Waals surface area contributed by atoms with Crippen molar-refractivity contribution < 1.29 is 14.3 Å². The molecule has 0 saturated heterocycles. The van der Waals surface area contributed by atoms with Crippen LogP contribution in [0.2, 0.25) is 0 Å². The number of carbonyl (C=O) groups is 1. The lowest BCUT2D eigenvalue weighted by Crippen LogP contribution is -2.45. The number of nitrogens with one attached hydrogen (secondary N) is 1. The predicted molar refractivity (Wildman–Crippen MR) is 59.8 cm³/mol. The molecule has 2 unspecified atom stereocenters. The lowest BCUT2D eigenvalue weighted by atomic mass is 9.94. The molecule has 0 bridgehead atoms. The maximum atomic E-state index is 11.1. The van der Waals surface area contributed by atoms with E-state index >= 15 is 0 Å². The molecule has 0 aliphatic carbocycles. The molecule has 2 atom stereocenters. The van der Waals surface area contributed by atoms with Crippen molar-refractivity contribution >= 4 is 6.09 Å². The topological polar surface area (TPSA) is 47.6 Å². The van der Waals surface area contributed by atoms with Gasteiger partial charge < -0.3 is 14.8 Å². The van der Waals surface area contributed by atoms with Gasteiger partial charge in [0, 0.05) is 7.11 Å². The molecular formula is C11H21NO3. The summed E-state index contributed by atoms with van der Waals surface area (Å²) in [7, 11) is 2.94. The molecule has 0 radical (unpaired) electrons. The van der Waals surface area contributed by atoms with Crippen molar-refractivity contribution in [1.29, 1.82) is 0 Å². The minimum Gasteiger partial charge on any atom is -0.453 e. The van der Waals surface area contributed by atoms with Crippen LogP contribution in [0.5, 0.6) is 0 Å². The van der Waals surface area contributed by atoms with E-state index in [1.165, 1.54) is 7.11 Å². The second kappa shape index (κ2) is 6.45. The highest BCUT2D eigenvalue weighted by molar-refractivity contribution is 5.68. The second-order valence-electron chi connectivity index (χ2n) is 3.78. The third-order valence-electron chi connectivity index (χ3n) is 2.44. The first-order chi connectivity index (χ1) is 6.93. The summed E-state index contributed by atoms with van der Waals surface area (Å²) in [6.07, 6.45) is -0.593. The zero-order valence-corrected chi connectivity index (χ0v) is 10.2. The molecule has 0 aliphatic heterocycles. The maximum absolute atomic E-state index is 11.1. The summed E-state index contributed by atoms with van der Waals surface area (Å²) in [4.78, 5) is 11.1. The van der Waals surface area contributed by atoms with Gasteiger partial charge in [-0.05, 0) is 18.4 Å². The summed E-state index contributed by atoms with van der Waals surface area (Å²) in [6, 6.07) is -0.220. The van der Waals surface area contributed by atoms with E-state index in [0.717, 1.165) is 5.57 Å². The van der Waals surface area contributed by atoms with Gasteiger partial charge in [-0.15, -0.1) is 0 Å². The molecule has 1 amide bonds. The van der Waals surface area contributed by atoms with Crippen molar-refractivity contribution in [3.05, 3.63) is 12.2 Å². The number of alkyl carbamates (subject to hydrolysis) is 1. The smallest absolute Gasteiger partial charge is 0.407 e. The lowest BCUT2D eigenvalue weighted by molar-refractivity contribution is 0.0868. The highest BCUT2D eigenvalue weighted by Gasteiger charge is 2.24. The third-order valence-corrected chi connectivity index (χ3v) is 2.44. The van der Waals surface area contributed by atoms with E-state index in [-0.39, 0.29) is 18.1 Å². The van der Waals surface area contributed by atoms with Gasteiger partial charge in [-0.1, -0.05) is 20.4 Å². The summed E-state index contributed by atoms with van der Waals surface area (Å²) in [5.41, 5.74) is 0.926. The molecule has 0 fully saturated rings. The monoisotopic (exact) mass is 215 g/mol. The molecule has 1 N–H and O–H groups in total. The summed E-state index contributed by atoms with van der Waals surface area (Å²) >= 11 is 0. The van der Waals surface area contributed by atoms with Gasteiger partial charge >= 0.3 is 6.09 Å². The van der Waals surface area contributed by atoms with Crippen molar-refractivity contribution in [2.75, 3.05) is 14.2 Å².